The van der Waals surface area contributed by atoms with Crippen molar-refractivity contribution in [1.82, 2.24) is 4.90 Å². The molecule has 2 rings (SSSR count). The van der Waals surface area contributed by atoms with E-state index in [1.54, 1.807) is 31.4 Å². The van der Waals surface area contributed by atoms with Crippen LogP contribution in [0.3, 0.4) is 0 Å². The zero-order valence-corrected chi connectivity index (χ0v) is 9.51. The second-order valence-corrected chi connectivity index (χ2v) is 3.69. The molecule has 0 radical (unpaired) electrons. The Hall–Kier alpha value is -2.04. The van der Waals surface area contributed by atoms with Gasteiger partial charge in [-0.05, 0) is 24.3 Å². The van der Waals surface area contributed by atoms with Crippen molar-refractivity contribution in [2.45, 2.75) is 0 Å². The molecule has 1 fully saturated rings. The minimum Gasteiger partial charge on any atom is -0.497 e. The maximum atomic E-state index is 11.9. The number of amides is 1. The van der Waals surface area contributed by atoms with Gasteiger partial charge in [0, 0.05) is 5.56 Å². The Morgan fingerprint density at radius 1 is 1.41 bits per heavy atom. The normalized spacial score (nSPS) is 14.6. The fourth-order valence-corrected chi connectivity index (χ4v) is 1.61. The third kappa shape index (κ3) is 2.55. The topological polar surface area (TPSA) is 55.8 Å². The van der Waals surface area contributed by atoms with Crippen LogP contribution in [0.1, 0.15) is 10.4 Å². The van der Waals surface area contributed by atoms with Gasteiger partial charge in [-0.2, -0.15) is 0 Å². The summed E-state index contributed by atoms with van der Waals surface area (Å²) in [5, 5.41) is 0. The number of rotatable bonds is 4. The van der Waals surface area contributed by atoms with Crippen LogP contribution in [0.4, 0.5) is 4.79 Å². The van der Waals surface area contributed by atoms with E-state index in [4.69, 9.17) is 9.47 Å². The molecule has 0 N–H and O–H groups in total. The summed E-state index contributed by atoms with van der Waals surface area (Å²) >= 11 is 0. The van der Waals surface area contributed by atoms with Crippen molar-refractivity contribution in [1.29, 1.82) is 0 Å². The summed E-state index contributed by atoms with van der Waals surface area (Å²) in [7, 11) is 1.57. The molecule has 17 heavy (non-hydrogen) atoms. The van der Waals surface area contributed by atoms with Gasteiger partial charge in [0.05, 0.1) is 20.2 Å². The number of methoxy groups -OCH3 is 1. The molecule has 0 saturated carbocycles. The Labute approximate surface area is 98.9 Å². The summed E-state index contributed by atoms with van der Waals surface area (Å²) in [6.45, 7) is 0.890. The summed E-state index contributed by atoms with van der Waals surface area (Å²) in [6, 6.07) is 6.80. The number of benzene rings is 1. The lowest BCUT2D eigenvalue weighted by atomic mass is 10.1. The fraction of sp³-hybridized carbons (Fsp3) is 0.333. The van der Waals surface area contributed by atoms with Crippen molar-refractivity contribution in [3.8, 4) is 5.75 Å². The van der Waals surface area contributed by atoms with Crippen LogP contribution in [-0.2, 0) is 4.74 Å². The van der Waals surface area contributed by atoms with E-state index in [9.17, 15) is 9.59 Å². The molecule has 0 spiro atoms. The molecule has 0 aromatic heterocycles. The molecule has 1 aliphatic rings. The van der Waals surface area contributed by atoms with Crippen LogP contribution in [0.15, 0.2) is 24.3 Å². The molecular weight excluding hydrogens is 222 g/mol. The van der Waals surface area contributed by atoms with Gasteiger partial charge >= 0.3 is 6.09 Å². The molecular formula is C12H13NO4. The summed E-state index contributed by atoms with van der Waals surface area (Å²) < 4.78 is 9.76. The Bertz CT molecular complexity index is 427. The number of carbonyl (C=O) groups excluding carboxylic acids is 2. The van der Waals surface area contributed by atoms with E-state index in [1.165, 1.54) is 4.90 Å². The first-order valence-corrected chi connectivity index (χ1v) is 5.29. The molecule has 5 nitrogen and oxygen atoms in total. The average molecular weight is 235 g/mol. The zero-order chi connectivity index (χ0) is 12.3. The molecule has 0 aliphatic carbocycles. The predicted molar refractivity (Wildman–Crippen MR) is 60.2 cm³/mol. The molecule has 1 aromatic carbocycles. The highest BCUT2D eigenvalue weighted by Gasteiger charge is 2.24. The maximum absolute atomic E-state index is 11.9. The van der Waals surface area contributed by atoms with Crippen LogP contribution >= 0.6 is 0 Å². The van der Waals surface area contributed by atoms with E-state index >= 15 is 0 Å². The first-order chi connectivity index (χ1) is 8.20. The van der Waals surface area contributed by atoms with Crippen molar-refractivity contribution in [3.05, 3.63) is 29.8 Å². The largest absolute Gasteiger partial charge is 0.497 e. The Kier molecular flexibility index (Phi) is 3.27. The quantitative estimate of drug-likeness (QED) is 0.739. The number of cyclic esters (lactones) is 1. The molecule has 1 amide bonds. The van der Waals surface area contributed by atoms with Crippen molar-refractivity contribution < 1.29 is 19.1 Å². The average Bonchev–Trinajstić information content (AvgIpc) is 2.75. The van der Waals surface area contributed by atoms with Gasteiger partial charge in [0.25, 0.3) is 0 Å². The van der Waals surface area contributed by atoms with E-state index in [0.29, 0.717) is 24.5 Å². The van der Waals surface area contributed by atoms with E-state index in [0.717, 1.165) is 0 Å². The Balaban J connectivity index is 2.01. The molecule has 0 bridgehead atoms. The highest BCUT2D eigenvalue weighted by atomic mass is 16.6. The van der Waals surface area contributed by atoms with Gasteiger partial charge in [-0.15, -0.1) is 0 Å². The van der Waals surface area contributed by atoms with Gasteiger partial charge in [-0.3, -0.25) is 9.69 Å². The van der Waals surface area contributed by atoms with E-state index in [-0.39, 0.29) is 12.3 Å². The lowest BCUT2D eigenvalue weighted by Gasteiger charge is -2.11. The van der Waals surface area contributed by atoms with Gasteiger partial charge in [0.15, 0.2) is 5.78 Å². The molecule has 5 heteroatoms. The van der Waals surface area contributed by atoms with Crippen LogP contribution < -0.4 is 4.74 Å². The molecule has 1 aromatic rings. The van der Waals surface area contributed by atoms with Crippen LogP contribution in [0.25, 0.3) is 0 Å². The molecule has 90 valence electrons. The highest BCUT2D eigenvalue weighted by molar-refractivity contribution is 5.99. The van der Waals surface area contributed by atoms with Crippen LogP contribution in [0.2, 0.25) is 0 Å². The Morgan fingerprint density at radius 3 is 2.65 bits per heavy atom. The second-order valence-electron chi connectivity index (χ2n) is 3.69. The number of nitrogens with zero attached hydrogens (tertiary/aromatic N) is 1. The van der Waals surface area contributed by atoms with Crippen LogP contribution in [-0.4, -0.2) is 43.6 Å². The molecule has 1 heterocycles. The maximum Gasteiger partial charge on any atom is 0.410 e. The van der Waals surface area contributed by atoms with Gasteiger partial charge in [-0.25, -0.2) is 4.79 Å². The van der Waals surface area contributed by atoms with Gasteiger partial charge in [-0.1, -0.05) is 0 Å². The number of ether oxygens (including phenoxy) is 2. The minimum absolute atomic E-state index is 0.0607. The number of hydrogen-bond acceptors (Lipinski definition) is 4. The van der Waals surface area contributed by atoms with Crippen LogP contribution in [0, 0.1) is 0 Å². The summed E-state index contributed by atoms with van der Waals surface area (Å²) in [5.74, 6) is 0.591. The predicted octanol–water partition coefficient (Wildman–Crippen LogP) is 1.33. The SMILES string of the molecule is COc1ccc(C(=O)CN2CCOC2=O)cc1. The van der Waals surface area contributed by atoms with Gasteiger partial charge in [0.1, 0.15) is 12.4 Å². The van der Waals surface area contributed by atoms with E-state index < -0.39 is 6.09 Å². The lowest BCUT2D eigenvalue weighted by Crippen LogP contribution is -2.30. The molecule has 1 aliphatic heterocycles. The summed E-state index contributed by atoms with van der Waals surface area (Å²) in [5.41, 5.74) is 0.561. The standard InChI is InChI=1S/C12H13NO4/c1-16-10-4-2-9(3-5-10)11(14)8-13-6-7-17-12(13)15/h2-5H,6-8H2,1H3. The lowest BCUT2D eigenvalue weighted by molar-refractivity contribution is 0.0943. The number of hydrogen-bond donors (Lipinski definition) is 0. The summed E-state index contributed by atoms with van der Waals surface area (Å²) in [6.07, 6.45) is -0.424. The van der Waals surface area contributed by atoms with Crippen molar-refractivity contribution in [2.24, 2.45) is 0 Å². The Morgan fingerprint density at radius 2 is 2.12 bits per heavy atom. The van der Waals surface area contributed by atoms with E-state index in [1.807, 2.05) is 0 Å². The monoisotopic (exact) mass is 235 g/mol. The number of Topliss-reactive ketones (excluding diaryl/α,β-unsaturated/α-hetero) is 1. The second kappa shape index (κ2) is 4.86. The first-order valence-electron chi connectivity index (χ1n) is 5.29. The fourth-order valence-electron chi connectivity index (χ4n) is 1.61. The van der Waals surface area contributed by atoms with Crippen molar-refractivity contribution >= 4 is 11.9 Å². The van der Waals surface area contributed by atoms with Gasteiger partial charge < -0.3 is 9.47 Å². The third-order valence-corrected chi connectivity index (χ3v) is 2.59. The molecule has 0 unspecified atom stereocenters. The number of ketones is 1. The van der Waals surface area contributed by atoms with E-state index in [2.05, 4.69) is 0 Å². The van der Waals surface area contributed by atoms with Crippen LogP contribution in [0.5, 0.6) is 5.75 Å². The molecule has 0 atom stereocenters. The zero-order valence-electron chi connectivity index (χ0n) is 9.51. The summed E-state index contributed by atoms with van der Waals surface area (Å²) in [4.78, 5) is 24.4. The van der Waals surface area contributed by atoms with Crippen molar-refractivity contribution in [2.75, 3.05) is 26.8 Å². The number of carbonyl (C=O) groups is 2. The molecule has 1 saturated heterocycles. The van der Waals surface area contributed by atoms with Crippen molar-refractivity contribution in [3.63, 3.8) is 0 Å². The minimum atomic E-state index is -0.424. The van der Waals surface area contributed by atoms with Gasteiger partial charge in [0.2, 0.25) is 0 Å². The first kappa shape index (κ1) is 11.4. The highest BCUT2D eigenvalue weighted by Crippen LogP contribution is 2.13. The smallest absolute Gasteiger partial charge is 0.410 e. The third-order valence-electron chi connectivity index (χ3n) is 2.59.